The summed E-state index contributed by atoms with van der Waals surface area (Å²) in [7, 11) is -3.51. The molecule has 1 aromatic rings. The van der Waals surface area contributed by atoms with Gasteiger partial charge in [0.1, 0.15) is 0 Å². The van der Waals surface area contributed by atoms with Crippen molar-refractivity contribution < 1.29 is 23.1 Å². The van der Waals surface area contributed by atoms with Gasteiger partial charge in [0, 0.05) is 39.1 Å². The summed E-state index contributed by atoms with van der Waals surface area (Å²) in [5.41, 5.74) is 1.00. The largest absolute Gasteiger partial charge is 0.481 e. The molecule has 1 saturated heterocycles. The molecule has 0 aromatic heterocycles. The van der Waals surface area contributed by atoms with E-state index in [0.29, 0.717) is 39.1 Å². The molecule has 1 aliphatic heterocycles. The van der Waals surface area contributed by atoms with E-state index in [0.717, 1.165) is 5.56 Å². The van der Waals surface area contributed by atoms with Gasteiger partial charge in [-0.2, -0.15) is 4.31 Å². The summed E-state index contributed by atoms with van der Waals surface area (Å²) in [6.07, 6.45) is 0.416. The third-order valence-electron chi connectivity index (χ3n) is 4.25. The fraction of sp³-hybridized carbons (Fsp3) is 0.529. The first-order valence-corrected chi connectivity index (χ1v) is 10.0. The molecule has 1 aliphatic rings. The lowest BCUT2D eigenvalue weighted by Gasteiger charge is -2.33. The van der Waals surface area contributed by atoms with Gasteiger partial charge < -0.3 is 10.4 Å². The van der Waals surface area contributed by atoms with Crippen molar-refractivity contribution in [3.05, 3.63) is 29.8 Å². The van der Waals surface area contributed by atoms with E-state index in [4.69, 9.17) is 5.11 Å². The van der Waals surface area contributed by atoms with Gasteiger partial charge in [-0.25, -0.2) is 8.42 Å². The predicted molar refractivity (Wildman–Crippen MR) is 96.3 cm³/mol. The standard InChI is InChI=1S/C17H25N3O5S/c1-14-4-6-15(7-5-14)26(24,25)20-11-9-19(10-12-20)13-16(21)18-8-2-3-17(22)23/h4-7H,2-3,8-13H2,1H3,(H,18,21)(H,22,23). The van der Waals surface area contributed by atoms with Crippen molar-refractivity contribution in [2.45, 2.75) is 24.7 Å². The summed E-state index contributed by atoms with van der Waals surface area (Å²) in [6, 6.07) is 6.78. The van der Waals surface area contributed by atoms with Crippen molar-refractivity contribution in [2.75, 3.05) is 39.3 Å². The number of carbonyl (C=O) groups excluding carboxylic acids is 1. The van der Waals surface area contributed by atoms with Crippen LogP contribution in [0.4, 0.5) is 0 Å². The van der Waals surface area contributed by atoms with Crippen LogP contribution in [0, 0.1) is 6.92 Å². The number of carboxylic acid groups (broad SMARTS) is 1. The molecule has 0 aliphatic carbocycles. The quantitative estimate of drug-likeness (QED) is 0.625. The zero-order chi connectivity index (χ0) is 19.2. The number of benzene rings is 1. The van der Waals surface area contributed by atoms with E-state index in [-0.39, 0.29) is 23.8 Å². The van der Waals surface area contributed by atoms with E-state index in [9.17, 15) is 18.0 Å². The summed E-state index contributed by atoms with van der Waals surface area (Å²) < 4.78 is 26.7. The number of hydrogen-bond acceptors (Lipinski definition) is 5. The average molecular weight is 383 g/mol. The molecule has 8 nitrogen and oxygen atoms in total. The molecule has 1 fully saturated rings. The van der Waals surface area contributed by atoms with Crippen LogP contribution in [0.25, 0.3) is 0 Å². The Kier molecular flexibility index (Phi) is 7.13. The van der Waals surface area contributed by atoms with Crippen LogP contribution >= 0.6 is 0 Å². The highest BCUT2D eigenvalue weighted by molar-refractivity contribution is 7.89. The number of sulfonamides is 1. The van der Waals surface area contributed by atoms with E-state index in [2.05, 4.69) is 5.32 Å². The minimum absolute atomic E-state index is 0.0236. The molecule has 0 unspecified atom stereocenters. The zero-order valence-corrected chi connectivity index (χ0v) is 15.7. The molecule has 1 heterocycles. The monoisotopic (exact) mass is 383 g/mol. The number of nitrogens with zero attached hydrogens (tertiary/aromatic N) is 2. The molecule has 0 atom stereocenters. The van der Waals surface area contributed by atoms with Crippen LogP contribution in [0.3, 0.4) is 0 Å². The molecule has 0 radical (unpaired) electrons. The van der Waals surface area contributed by atoms with Gasteiger partial charge in [0.05, 0.1) is 11.4 Å². The molecular weight excluding hydrogens is 358 g/mol. The van der Waals surface area contributed by atoms with Crippen molar-refractivity contribution in [1.82, 2.24) is 14.5 Å². The van der Waals surface area contributed by atoms with Crippen molar-refractivity contribution in [1.29, 1.82) is 0 Å². The number of carbonyl (C=O) groups is 2. The maximum absolute atomic E-state index is 12.6. The number of piperazine rings is 1. The Hall–Kier alpha value is -1.97. The van der Waals surface area contributed by atoms with E-state index < -0.39 is 16.0 Å². The Morgan fingerprint density at radius 2 is 1.73 bits per heavy atom. The van der Waals surface area contributed by atoms with E-state index in [1.165, 1.54) is 4.31 Å². The van der Waals surface area contributed by atoms with Gasteiger partial charge >= 0.3 is 5.97 Å². The first kappa shape index (κ1) is 20.3. The minimum Gasteiger partial charge on any atom is -0.481 e. The molecule has 26 heavy (non-hydrogen) atoms. The number of nitrogens with one attached hydrogen (secondary N) is 1. The molecular formula is C17H25N3O5S. The molecule has 9 heteroatoms. The second-order valence-corrected chi connectivity index (χ2v) is 8.28. The summed E-state index contributed by atoms with van der Waals surface area (Å²) in [4.78, 5) is 24.5. The Morgan fingerprint density at radius 1 is 1.12 bits per heavy atom. The van der Waals surface area contributed by atoms with Crippen LogP contribution in [0.1, 0.15) is 18.4 Å². The number of rotatable bonds is 8. The second kappa shape index (κ2) is 9.11. The SMILES string of the molecule is Cc1ccc(S(=O)(=O)N2CCN(CC(=O)NCCCC(=O)O)CC2)cc1. The Labute approximate surface area is 153 Å². The normalized spacial score (nSPS) is 16.3. The second-order valence-electron chi connectivity index (χ2n) is 6.34. The van der Waals surface area contributed by atoms with Crippen LogP contribution in [-0.2, 0) is 19.6 Å². The van der Waals surface area contributed by atoms with Crippen LogP contribution < -0.4 is 5.32 Å². The highest BCUT2D eigenvalue weighted by Crippen LogP contribution is 2.18. The van der Waals surface area contributed by atoms with Gasteiger partial charge in [0.2, 0.25) is 15.9 Å². The van der Waals surface area contributed by atoms with Crippen molar-refractivity contribution in [3.63, 3.8) is 0 Å². The first-order chi connectivity index (χ1) is 12.3. The maximum Gasteiger partial charge on any atom is 0.303 e. The van der Waals surface area contributed by atoms with E-state index in [1.807, 2.05) is 11.8 Å². The lowest BCUT2D eigenvalue weighted by atomic mass is 10.2. The smallest absolute Gasteiger partial charge is 0.303 e. The van der Waals surface area contributed by atoms with Gasteiger partial charge in [-0.15, -0.1) is 0 Å². The van der Waals surface area contributed by atoms with Crippen LogP contribution in [0.15, 0.2) is 29.2 Å². The van der Waals surface area contributed by atoms with E-state index >= 15 is 0 Å². The molecule has 1 amide bonds. The van der Waals surface area contributed by atoms with Gasteiger partial charge in [0.15, 0.2) is 0 Å². The highest BCUT2D eigenvalue weighted by atomic mass is 32.2. The number of aryl methyl sites for hydroxylation is 1. The zero-order valence-electron chi connectivity index (χ0n) is 14.8. The lowest BCUT2D eigenvalue weighted by Crippen LogP contribution is -2.51. The third kappa shape index (κ3) is 5.79. The third-order valence-corrected chi connectivity index (χ3v) is 6.16. The number of amides is 1. The summed E-state index contributed by atoms with van der Waals surface area (Å²) in [6.45, 7) is 4.05. The maximum atomic E-state index is 12.6. The van der Waals surface area contributed by atoms with Gasteiger partial charge in [0.25, 0.3) is 0 Å². The van der Waals surface area contributed by atoms with E-state index in [1.54, 1.807) is 24.3 Å². The first-order valence-electron chi connectivity index (χ1n) is 8.57. The number of hydrogen-bond donors (Lipinski definition) is 2. The summed E-state index contributed by atoms with van der Waals surface area (Å²) in [5.74, 6) is -1.06. The molecule has 0 spiro atoms. The molecule has 0 saturated carbocycles. The Morgan fingerprint density at radius 3 is 2.31 bits per heavy atom. The van der Waals surface area contributed by atoms with Gasteiger partial charge in [-0.3, -0.25) is 14.5 Å². The number of carboxylic acids is 1. The topological polar surface area (TPSA) is 107 Å². The molecule has 144 valence electrons. The average Bonchev–Trinajstić information content (AvgIpc) is 2.59. The summed E-state index contributed by atoms with van der Waals surface area (Å²) >= 11 is 0. The molecule has 2 N–H and O–H groups in total. The molecule has 1 aromatic carbocycles. The Balaban J connectivity index is 1.78. The fourth-order valence-electron chi connectivity index (χ4n) is 2.71. The Bertz CT molecular complexity index is 725. The number of aliphatic carboxylic acids is 1. The van der Waals surface area contributed by atoms with Gasteiger partial charge in [-0.1, -0.05) is 17.7 Å². The van der Waals surface area contributed by atoms with Crippen molar-refractivity contribution >= 4 is 21.9 Å². The fourth-order valence-corrected chi connectivity index (χ4v) is 4.14. The van der Waals surface area contributed by atoms with Crippen LogP contribution in [0.5, 0.6) is 0 Å². The highest BCUT2D eigenvalue weighted by Gasteiger charge is 2.28. The lowest BCUT2D eigenvalue weighted by molar-refractivity contribution is -0.137. The van der Waals surface area contributed by atoms with Gasteiger partial charge in [-0.05, 0) is 25.5 Å². The summed E-state index contributed by atoms with van der Waals surface area (Å²) in [5, 5.41) is 11.2. The minimum atomic E-state index is -3.51. The van der Waals surface area contributed by atoms with Crippen LogP contribution in [0.2, 0.25) is 0 Å². The molecule has 0 bridgehead atoms. The van der Waals surface area contributed by atoms with Crippen molar-refractivity contribution in [2.24, 2.45) is 0 Å². The van der Waals surface area contributed by atoms with Crippen LogP contribution in [-0.4, -0.2) is 73.9 Å². The molecule has 2 rings (SSSR count). The predicted octanol–water partition coefficient (Wildman–Crippen LogP) is 0.282. The van der Waals surface area contributed by atoms with Crippen molar-refractivity contribution in [3.8, 4) is 0 Å².